The molecule has 3 aromatic rings. The highest BCUT2D eigenvalue weighted by Gasteiger charge is 2.55. The molecule has 0 bridgehead atoms. The van der Waals surface area contributed by atoms with Crippen molar-refractivity contribution in [2.75, 3.05) is 50.6 Å². The monoisotopic (exact) mass is 742 g/mol. The van der Waals surface area contributed by atoms with Gasteiger partial charge in [-0.25, -0.2) is 9.18 Å². The number of amides is 2. The van der Waals surface area contributed by atoms with Gasteiger partial charge in [0.2, 0.25) is 0 Å². The van der Waals surface area contributed by atoms with E-state index in [1.54, 1.807) is 19.0 Å². The summed E-state index contributed by atoms with van der Waals surface area (Å²) in [6.45, 7) is 9.44. The quantitative estimate of drug-likeness (QED) is 0.343. The van der Waals surface area contributed by atoms with Crippen LogP contribution in [0.3, 0.4) is 0 Å². The summed E-state index contributed by atoms with van der Waals surface area (Å²) in [5, 5.41) is 7.60. The molecule has 4 aliphatic heterocycles. The Balaban J connectivity index is 1.07. The molecule has 3 fully saturated rings. The number of halogens is 1. The van der Waals surface area contributed by atoms with E-state index in [-0.39, 0.29) is 11.4 Å². The van der Waals surface area contributed by atoms with Crippen molar-refractivity contribution in [2.45, 2.75) is 114 Å². The first-order chi connectivity index (χ1) is 25.8. The summed E-state index contributed by atoms with van der Waals surface area (Å²) in [4.78, 5) is 41.9. The minimum absolute atomic E-state index is 0.131. The zero-order valence-electron chi connectivity index (χ0n) is 32.0. The van der Waals surface area contributed by atoms with E-state index in [1.165, 1.54) is 5.56 Å². The first kappa shape index (κ1) is 35.4. The fraction of sp³-hybridized carbons (Fsp3) is 0.625. The molecule has 3 unspecified atom stereocenters. The molecule has 54 heavy (non-hydrogen) atoms. The fourth-order valence-electron chi connectivity index (χ4n) is 9.74. The number of carbonyl (C=O) groups is 2. The highest BCUT2D eigenvalue weighted by molar-refractivity contribution is 5.92. The Hall–Kier alpha value is -4.30. The average molecular weight is 743 g/mol. The van der Waals surface area contributed by atoms with Crippen LogP contribution in [0.5, 0.6) is 6.01 Å². The Morgan fingerprint density at radius 2 is 1.96 bits per heavy atom. The molecule has 1 saturated carbocycles. The number of hydrogen-bond donors (Lipinski definition) is 1. The second-order valence-corrected chi connectivity index (χ2v) is 17.5. The lowest BCUT2D eigenvalue weighted by Gasteiger charge is -2.43. The summed E-state index contributed by atoms with van der Waals surface area (Å²) in [6.07, 6.45) is 4.34. The molecule has 14 heteroatoms. The van der Waals surface area contributed by atoms with Gasteiger partial charge < -0.3 is 24.0 Å². The molecule has 9 rings (SSSR count). The lowest BCUT2D eigenvalue weighted by atomic mass is 9.74. The molecule has 1 spiro atoms. The van der Waals surface area contributed by atoms with Crippen molar-refractivity contribution < 1.29 is 28.2 Å². The molecule has 0 radical (unpaired) electrons. The van der Waals surface area contributed by atoms with E-state index in [0.717, 1.165) is 73.5 Å². The van der Waals surface area contributed by atoms with E-state index in [4.69, 9.17) is 24.2 Å². The van der Waals surface area contributed by atoms with Crippen LogP contribution in [0.25, 0.3) is 0 Å². The summed E-state index contributed by atoms with van der Waals surface area (Å²) in [5.74, 6) is 1.64. The van der Waals surface area contributed by atoms with Gasteiger partial charge in [0.1, 0.15) is 24.2 Å². The molecule has 2 aromatic heterocycles. The van der Waals surface area contributed by atoms with Gasteiger partial charge in [-0.1, -0.05) is 6.07 Å². The summed E-state index contributed by atoms with van der Waals surface area (Å²) in [5.41, 5.74) is 4.60. The van der Waals surface area contributed by atoms with Crippen LogP contribution < -0.4 is 15.0 Å². The molecule has 13 nitrogen and oxygen atoms in total. The second kappa shape index (κ2) is 12.9. The third kappa shape index (κ3) is 6.38. The van der Waals surface area contributed by atoms with Crippen LogP contribution >= 0.6 is 0 Å². The normalized spacial score (nSPS) is 28.3. The molecule has 6 aliphatic rings. The number of rotatable bonds is 6. The van der Waals surface area contributed by atoms with Gasteiger partial charge in [0.25, 0.3) is 5.91 Å². The van der Waals surface area contributed by atoms with Gasteiger partial charge in [-0.3, -0.25) is 19.7 Å². The van der Waals surface area contributed by atoms with Crippen LogP contribution in [0, 0.1) is 5.92 Å². The standard InChI is InChI=1S/C40H51FN8O5/c1-38(2,3)54-37(51)42-26-8-9-28-29-14-24(29)17-40(31(28)15-26)19-33-30(22-53-40)34(44-36(43-33)52-23-39-10-6-12-48(39)20-25(41)18-39)47-11-7-13-49-27(21-47)16-32(45-49)35(50)46(4)5/h8-9,15-16,24-25,29H,6-7,10-14,17-23H2,1-5H3,(H,42,51)/t24?,25-,29?,39+,40?/m1/s1. The highest BCUT2D eigenvalue weighted by atomic mass is 19.1. The predicted molar refractivity (Wildman–Crippen MR) is 198 cm³/mol. The number of anilines is 2. The molecular formula is C40H51FN8O5. The third-order valence-electron chi connectivity index (χ3n) is 12.3. The molecule has 288 valence electrons. The van der Waals surface area contributed by atoms with E-state index < -0.39 is 23.5 Å². The van der Waals surface area contributed by atoms with Crippen molar-refractivity contribution in [1.29, 1.82) is 0 Å². The zero-order chi connectivity index (χ0) is 37.6. The van der Waals surface area contributed by atoms with E-state index in [0.29, 0.717) is 74.9 Å². The van der Waals surface area contributed by atoms with Gasteiger partial charge in [-0.15, -0.1) is 0 Å². The van der Waals surface area contributed by atoms with Crippen molar-refractivity contribution in [1.82, 2.24) is 29.5 Å². The van der Waals surface area contributed by atoms with Crippen LogP contribution in [-0.2, 0) is 41.2 Å². The van der Waals surface area contributed by atoms with Crippen LogP contribution in [0.1, 0.15) is 104 Å². The van der Waals surface area contributed by atoms with Crippen molar-refractivity contribution in [3.63, 3.8) is 0 Å². The molecule has 2 saturated heterocycles. The van der Waals surface area contributed by atoms with Crippen molar-refractivity contribution >= 4 is 23.5 Å². The van der Waals surface area contributed by atoms with Crippen molar-refractivity contribution in [3.8, 4) is 6.01 Å². The first-order valence-electron chi connectivity index (χ1n) is 19.5. The predicted octanol–water partition coefficient (Wildman–Crippen LogP) is 5.56. The SMILES string of the molecule is CN(C)C(=O)c1cc2n(n1)CCCN(c1nc(OC[C@@]34CCCN3C[C@H](F)C4)nc3c1COC1(C3)CC3CC3c3ccc(NC(=O)OC(C)(C)C)cc31)C2. The van der Waals surface area contributed by atoms with Gasteiger partial charge in [-0.05, 0) is 101 Å². The third-order valence-corrected chi connectivity index (χ3v) is 12.3. The fourth-order valence-corrected chi connectivity index (χ4v) is 9.74. The number of nitrogens with zero attached hydrogens (tertiary/aromatic N) is 7. The van der Waals surface area contributed by atoms with E-state index in [9.17, 15) is 14.0 Å². The first-order valence-corrected chi connectivity index (χ1v) is 19.5. The summed E-state index contributed by atoms with van der Waals surface area (Å²) < 4.78 is 35.8. The Morgan fingerprint density at radius 1 is 1.11 bits per heavy atom. The van der Waals surface area contributed by atoms with E-state index >= 15 is 0 Å². The number of aryl methyl sites for hydroxylation is 1. The summed E-state index contributed by atoms with van der Waals surface area (Å²) in [6, 6.07) is 8.33. The Labute approximate surface area is 315 Å². The second-order valence-electron chi connectivity index (χ2n) is 17.5. The number of carbonyl (C=O) groups excluding carboxylic acids is 2. The van der Waals surface area contributed by atoms with E-state index in [2.05, 4.69) is 32.3 Å². The van der Waals surface area contributed by atoms with Gasteiger partial charge in [0.05, 0.1) is 35.7 Å². The lowest BCUT2D eigenvalue weighted by Crippen LogP contribution is -2.44. The van der Waals surface area contributed by atoms with Crippen molar-refractivity contribution in [3.05, 3.63) is 58.0 Å². The van der Waals surface area contributed by atoms with Crippen LogP contribution in [0.4, 0.5) is 20.7 Å². The van der Waals surface area contributed by atoms with Crippen LogP contribution in [0.15, 0.2) is 24.3 Å². The number of ether oxygens (including phenoxy) is 3. The Bertz CT molecular complexity index is 2000. The Kier molecular flexibility index (Phi) is 8.45. The summed E-state index contributed by atoms with van der Waals surface area (Å²) >= 11 is 0. The largest absolute Gasteiger partial charge is 0.461 e. The molecule has 2 aliphatic carbocycles. The maximum absolute atomic E-state index is 14.7. The topological polar surface area (TPSA) is 127 Å². The smallest absolute Gasteiger partial charge is 0.412 e. The molecular weight excluding hydrogens is 691 g/mol. The minimum Gasteiger partial charge on any atom is -0.461 e. The van der Waals surface area contributed by atoms with Gasteiger partial charge >= 0.3 is 12.1 Å². The number of hydrogen-bond acceptors (Lipinski definition) is 10. The number of alkyl halides is 1. The summed E-state index contributed by atoms with van der Waals surface area (Å²) in [7, 11) is 3.47. The zero-order valence-corrected chi connectivity index (χ0v) is 32.0. The van der Waals surface area contributed by atoms with E-state index in [1.807, 2.05) is 37.6 Å². The minimum atomic E-state index is -0.857. The maximum atomic E-state index is 14.7. The van der Waals surface area contributed by atoms with Gasteiger partial charge in [0, 0.05) is 57.8 Å². The van der Waals surface area contributed by atoms with Gasteiger partial charge in [0.15, 0.2) is 5.69 Å². The number of fused-ring (bicyclic) bond motifs is 7. The lowest BCUT2D eigenvalue weighted by molar-refractivity contribution is -0.0875. The van der Waals surface area contributed by atoms with Crippen LogP contribution in [0.2, 0.25) is 0 Å². The van der Waals surface area contributed by atoms with Crippen LogP contribution in [-0.4, -0.2) is 99.2 Å². The number of aromatic nitrogens is 4. The Morgan fingerprint density at radius 3 is 2.78 bits per heavy atom. The molecule has 1 aromatic carbocycles. The molecule has 1 N–H and O–H groups in total. The molecule has 2 amide bonds. The molecule has 6 heterocycles. The average Bonchev–Trinajstić information content (AvgIpc) is 3.54. The maximum Gasteiger partial charge on any atom is 0.412 e. The van der Waals surface area contributed by atoms with Crippen molar-refractivity contribution in [2.24, 2.45) is 5.92 Å². The molecule has 5 atom stereocenters. The number of nitrogens with one attached hydrogen (secondary N) is 1. The highest BCUT2D eigenvalue weighted by Crippen LogP contribution is 2.62. The number of benzene rings is 1. The van der Waals surface area contributed by atoms with Gasteiger partial charge in [-0.2, -0.15) is 15.1 Å².